The van der Waals surface area contributed by atoms with E-state index in [1.165, 1.54) is 4.90 Å². The number of aryl methyl sites for hydroxylation is 1. The lowest BCUT2D eigenvalue weighted by molar-refractivity contribution is -0.534. The van der Waals surface area contributed by atoms with Gasteiger partial charge in [0.15, 0.2) is 0 Å². The van der Waals surface area contributed by atoms with Crippen LogP contribution in [0.3, 0.4) is 0 Å². The highest BCUT2D eigenvalue weighted by atomic mass is 16.6. The summed E-state index contributed by atoms with van der Waals surface area (Å²) in [4.78, 5) is 26.3. The zero-order chi connectivity index (χ0) is 15.4. The molecule has 1 aromatic rings. The zero-order valence-electron chi connectivity index (χ0n) is 12.3. The summed E-state index contributed by atoms with van der Waals surface area (Å²) in [5.41, 5.74) is 1.74. The van der Waals surface area contributed by atoms with Crippen molar-refractivity contribution in [2.75, 3.05) is 38.1 Å². The Kier molecular flexibility index (Phi) is 4.87. The van der Waals surface area contributed by atoms with E-state index in [9.17, 15) is 14.9 Å². The minimum atomic E-state index is -1.32. The molecule has 1 fully saturated rings. The second kappa shape index (κ2) is 6.64. The predicted octanol–water partition coefficient (Wildman–Crippen LogP) is 0.466. The first-order chi connectivity index (χ1) is 10.0. The smallest absolute Gasteiger partial charge is 0.314 e. The number of hydrogen-bond donors (Lipinski definition) is 1. The van der Waals surface area contributed by atoms with Crippen molar-refractivity contribution in [1.29, 1.82) is 0 Å². The summed E-state index contributed by atoms with van der Waals surface area (Å²) in [6.07, 6.45) is -1.32. The van der Waals surface area contributed by atoms with Crippen LogP contribution < -0.4 is 10.2 Å². The van der Waals surface area contributed by atoms with E-state index in [0.717, 1.165) is 5.56 Å². The van der Waals surface area contributed by atoms with Crippen molar-refractivity contribution in [3.63, 3.8) is 0 Å². The first-order valence-electron chi connectivity index (χ1n) is 6.93. The fourth-order valence-electron chi connectivity index (χ4n) is 2.38. The second-order valence-electron chi connectivity index (χ2n) is 5.18. The normalized spacial score (nSPS) is 17.2. The molecule has 1 atom stereocenters. The number of amides is 1. The molecule has 0 spiro atoms. The first kappa shape index (κ1) is 15.4. The van der Waals surface area contributed by atoms with Crippen LogP contribution in [0.1, 0.15) is 5.56 Å². The quantitative estimate of drug-likeness (QED) is 0.644. The summed E-state index contributed by atoms with van der Waals surface area (Å²) in [5.74, 6) is -0.509. The maximum absolute atomic E-state index is 12.5. The molecular weight excluding hydrogens is 272 g/mol. The molecule has 1 amide bonds. The van der Waals surface area contributed by atoms with E-state index in [2.05, 4.69) is 5.32 Å². The Labute approximate surface area is 123 Å². The van der Waals surface area contributed by atoms with Gasteiger partial charge >= 0.3 is 12.1 Å². The van der Waals surface area contributed by atoms with Gasteiger partial charge in [-0.2, -0.15) is 0 Å². The lowest BCUT2D eigenvalue weighted by Gasteiger charge is -2.30. The Morgan fingerprint density at radius 2 is 1.90 bits per heavy atom. The SMILES string of the molecule is Cc1ccc(N(C)C(=O)C(N2CCNCC2)[N+](=O)[O-])cc1. The number of carbonyl (C=O) groups excluding carboxylic acids is 1. The number of carbonyl (C=O) groups is 1. The highest BCUT2D eigenvalue weighted by Crippen LogP contribution is 2.16. The Balaban J connectivity index is 2.17. The van der Waals surface area contributed by atoms with Gasteiger partial charge in [0.25, 0.3) is 0 Å². The summed E-state index contributed by atoms with van der Waals surface area (Å²) in [6.45, 7) is 4.27. The summed E-state index contributed by atoms with van der Waals surface area (Å²) in [5, 5.41) is 14.5. The lowest BCUT2D eigenvalue weighted by atomic mass is 10.2. The number of nitrogens with one attached hydrogen (secondary N) is 1. The van der Waals surface area contributed by atoms with Gasteiger partial charge in [-0.15, -0.1) is 0 Å². The molecular formula is C14H20N4O3. The van der Waals surface area contributed by atoms with Crippen molar-refractivity contribution < 1.29 is 9.72 Å². The number of nitro groups is 1. The summed E-state index contributed by atoms with van der Waals surface area (Å²) in [7, 11) is 1.58. The van der Waals surface area contributed by atoms with Crippen molar-refractivity contribution >= 4 is 11.6 Å². The fourth-order valence-corrected chi connectivity index (χ4v) is 2.38. The number of rotatable bonds is 4. The summed E-state index contributed by atoms with van der Waals surface area (Å²) >= 11 is 0. The molecule has 2 rings (SSSR count). The minimum absolute atomic E-state index is 0.499. The Hall–Kier alpha value is -1.99. The van der Waals surface area contributed by atoms with Crippen LogP contribution in [-0.4, -0.2) is 55.1 Å². The van der Waals surface area contributed by atoms with Crippen molar-refractivity contribution in [2.24, 2.45) is 0 Å². The highest BCUT2D eigenvalue weighted by Gasteiger charge is 2.39. The average molecular weight is 292 g/mol. The topological polar surface area (TPSA) is 78.7 Å². The number of benzene rings is 1. The fraction of sp³-hybridized carbons (Fsp3) is 0.500. The summed E-state index contributed by atoms with van der Waals surface area (Å²) < 4.78 is 0. The van der Waals surface area contributed by atoms with Crippen molar-refractivity contribution in [2.45, 2.75) is 13.1 Å². The van der Waals surface area contributed by atoms with Crippen LogP contribution >= 0.6 is 0 Å². The molecule has 7 heteroatoms. The van der Waals surface area contributed by atoms with Crippen LogP contribution in [0.25, 0.3) is 0 Å². The second-order valence-corrected chi connectivity index (χ2v) is 5.18. The molecule has 1 aliphatic heterocycles. The molecule has 0 saturated carbocycles. The number of piperazine rings is 1. The van der Waals surface area contributed by atoms with Gasteiger partial charge in [0, 0.05) is 43.8 Å². The maximum Gasteiger partial charge on any atom is 0.347 e. The largest absolute Gasteiger partial charge is 0.347 e. The minimum Gasteiger partial charge on any atom is -0.314 e. The molecule has 1 heterocycles. The van der Waals surface area contributed by atoms with Crippen LogP contribution in [0, 0.1) is 17.0 Å². The van der Waals surface area contributed by atoms with Crippen LogP contribution in [0.5, 0.6) is 0 Å². The van der Waals surface area contributed by atoms with Gasteiger partial charge in [-0.25, -0.2) is 4.90 Å². The van der Waals surface area contributed by atoms with Gasteiger partial charge in [0.2, 0.25) is 0 Å². The third kappa shape index (κ3) is 3.56. The zero-order valence-corrected chi connectivity index (χ0v) is 12.3. The molecule has 1 saturated heterocycles. The third-order valence-electron chi connectivity index (χ3n) is 3.67. The van der Waals surface area contributed by atoms with E-state index in [0.29, 0.717) is 31.9 Å². The number of nitrogens with zero attached hydrogens (tertiary/aromatic N) is 3. The first-order valence-corrected chi connectivity index (χ1v) is 6.93. The molecule has 0 aliphatic carbocycles. The van der Waals surface area contributed by atoms with Gasteiger partial charge in [0.05, 0.1) is 0 Å². The Bertz CT molecular complexity index is 511. The molecule has 21 heavy (non-hydrogen) atoms. The van der Waals surface area contributed by atoms with E-state index in [4.69, 9.17) is 0 Å². The van der Waals surface area contributed by atoms with E-state index < -0.39 is 17.0 Å². The van der Waals surface area contributed by atoms with Gasteiger partial charge in [-0.3, -0.25) is 14.9 Å². The van der Waals surface area contributed by atoms with Crippen molar-refractivity contribution in [3.05, 3.63) is 39.9 Å². The molecule has 1 N–H and O–H groups in total. The number of hydrogen-bond acceptors (Lipinski definition) is 5. The molecule has 7 nitrogen and oxygen atoms in total. The standard InChI is InChI=1S/C14H20N4O3/c1-11-3-5-12(6-4-11)16(2)14(19)13(18(20)21)17-9-7-15-8-10-17/h3-6,13,15H,7-10H2,1-2H3. The van der Waals surface area contributed by atoms with Gasteiger partial charge in [0.1, 0.15) is 0 Å². The van der Waals surface area contributed by atoms with E-state index >= 15 is 0 Å². The van der Waals surface area contributed by atoms with Crippen LogP contribution in [-0.2, 0) is 4.79 Å². The molecule has 1 aliphatic rings. The highest BCUT2D eigenvalue weighted by molar-refractivity contribution is 5.95. The summed E-state index contributed by atoms with van der Waals surface area (Å²) in [6, 6.07) is 7.35. The molecule has 0 bridgehead atoms. The monoisotopic (exact) mass is 292 g/mol. The Morgan fingerprint density at radius 3 is 2.43 bits per heavy atom. The number of anilines is 1. The van der Waals surface area contributed by atoms with Crippen LogP contribution in [0.15, 0.2) is 24.3 Å². The molecule has 0 radical (unpaired) electrons. The molecule has 1 unspecified atom stereocenters. The van der Waals surface area contributed by atoms with E-state index in [1.54, 1.807) is 24.1 Å². The Morgan fingerprint density at radius 1 is 1.33 bits per heavy atom. The number of likely N-dealkylation sites (N-methyl/N-ethyl adjacent to an activating group) is 1. The van der Waals surface area contributed by atoms with Crippen molar-refractivity contribution in [1.82, 2.24) is 10.2 Å². The van der Waals surface area contributed by atoms with E-state index in [-0.39, 0.29) is 0 Å². The van der Waals surface area contributed by atoms with Gasteiger partial charge < -0.3 is 10.2 Å². The average Bonchev–Trinajstić information content (AvgIpc) is 2.48. The third-order valence-corrected chi connectivity index (χ3v) is 3.67. The van der Waals surface area contributed by atoms with Gasteiger partial charge in [-0.05, 0) is 19.1 Å². The van der Waals surface area contributed by atoms with E-state index in [1.807, 2.05) is 19.1 Å². The lowest BCUT2D eigenvalue weighted by Crippen LogP contribution is -2.57. The predicted molar refractivity (Wildman–Crippen MR) is 79.8 cm³/mol. The van der Waals surface area contributed by atoms with Crippen LogP contribution in [0.2, 0.25) is 0 Å². The van der Waals surface area contributed by atoms with Gasteiger partial charge in [-0.1, -0.05) is 17.7 Å². The molecule has 114 valence electrons. The molecule has 1 aromatic carbocycles. The maximum atomic E-state index is 12.5. The van der Waals surface area contributed by atoms with Crippen LogP contribution in [0.4, 0.5) is 5.69 Å². The molecule has 0 aromatic heterocycles. The van der Waals surface area contributed by atoms with Crippen molar-refractivity contribution in [3.8, 4) is 0 Å².